The van der Waals surface area contributed by atoms with Crippen molar-refractivity contribution in [3.05, 3.63) is 82.9 Å². The van der Waals surface area contributed by atoms with E-state index in [1.54, 1.807) is 24.3 Å². The van der Waals surface area contributed by atoms with Gasteiger partial charge in [0.25, 0.3) is 6.01 Å². The fourth-order valence-corrected chi connectivity index (χ4v) is 3.11. The molecule has 0 radical (unpaired) electrons. The monoisotopic (exact) mass is 423 g/mol. The average molecular weight is 424 g/mol. The van der Waals surface area contributed by atoms with Crippen molar-refractivity contribution in [2.45, 2.75) is 0 Å². The number of ether oxygens (including phenoxy) is 1. The van der Waals surface area contributed by atoms with Gasteiger partial charge in [-0.25, -0.2) is 4.52 Å². The van der Waals surface area contributed by atoms with Gasteiger partial charge in [0.05, 0.1) is 16.1 Å². The lowest BCUT2D eigenvalue weighted by Gasteiger charge is -2.01. The fourth-order valence-electron chi connectivity index (χ4n) is 2.61. The fraction of sp³-hybridized carbons (Fsp3) is 0. The van der Waals surface area contributed by atoms with Gasteiger partial charge in [-0.15, -0.1) is 4.89 Å². The van der Waals surface area contributed by atoms with Crippen LogP contribution in [0, 0.1) is 11.8 Å². The summed E-state index contributed by atoms with van der Waals surface area (Å²) in [5, 5.41) is 0.487. The first-order valence-corrected chi connectivity index (χ1v) is 9.96. The lowest BCUT2D eigenvalue weighted by atomic mass is 10.1. The van der Waals surface area contributed by atoms with Crippen molar-refractivity contribution in [2.75, 3.05) is 0 Å². The van der Waals surface area contributed by atoms with Crippen LogP contribution in [0.5, 0.6) is 17.5 Å². The minimum atomic E-state index is -2.75. The number of hydrogen-bond donors (Lipinski definition) is 2. The molecule has 6 nitrogen and oxygen atoms in total. The van der Waals surface area contributed by atoms with Crippen molar-refractivity contribution in [2.24, 2.45) is 0 Å². The third-order valence-corrected chi connectivity index (χ3v) is 4.55. The molecule has 3 aromatic carbocycles. The quantitative estimate of drug-likeness (QED) is 0.337. The zero-order valence-corrected chi connectivity index (χ0v) is 16.4. The molecule has 0 aliphatic carbocycles. The molecule has 1 atom stereocenters. The summed E-state index contributed by atoms with van der Waals surface area (Å²) in [5.41, 5.74) is 2.90. The Kier molecular flexibility index (Phi) is 5.46. The highest BCUT2D eigenvalue weighted by Gasteiger charge is 2.15. The molecule has 0 spiro atoms. The number of hydrogen-bond acceptors (Lipinski definition) is 4. The molecule has 4 rings (SSSR count). The third-order valence-electron chi connectivity index (χ3n) is 3.87. The molecule has 0 amide bonds. The summed E-state index contributed by atoms with van der Waals surface area (Å²) >= 11 is 6.34. The van der Waals surface area contributed by atoms with Crippen molar-refractivity contribution in [1.82, 2.24) is 9.97 Å². The molecule has 1 aromatic heterocycles. The Balaban J connectivity index is 1.60. The van der Waals surface area contributed by atoms with Crippen molar-refractivity contribution >= 4 is 30.9 Å². The van der Waals surface area contributed by atoms with Crippen LogP contribution in [0.15, 0.2) is 66.7 Å². The molecule has 0 saturated heterocycles. The van der Waals surface area contributed by atoms with Gasteiger partial charge in [0.15, 0.2) is 5.75 Å². The van der Waals surface area contributed by atoms with E-state index in [1.165, 1.54) is 6.07 Å². The summed E-state index contributed by atoms with van der Waals surface area (Å²) in [7, 11) is -2.75. The van der Waals surface area contributed by atoms with Gasteiger partial charge in [0.1, 0.15) is 5.75 Å². The zero-order chi connectivity index (χ0) is 20.2. The van der Waals surface area contributed by atoms with Crippen LogP contribution >= 0.6 is 19.9 Å². The second kappa shape index (κ2) is 8.34. The standard InChI is InChI=1S/C21H12ClN2O4P/c22-18-13-20-19(11-15(18)10-9-14-5-2-1-3-6-14)23-21(24-20)27-16-7-4-8-17(12-16)28-29(25)26/h1-8,11-13H,(H-,23,24,25,26)/p+1. The zero-order valence-electron chi connectivity index (χ0n) is 14.8. The van der Waals surface area contributed by atoms with E-state index < -0.39 is 8.25 Å². The Morgan fingerprint density at radius 2 is 1.79 bits per heavy atom. The second-order valence-corrected chi connectivity index (χ2v) is 6.98. The van der Waals surface area contributed by atoms with Gasteiger partial charge in [-0.2, -0.15) is 4.98 Å². The topological polar surface area (TPSA) is 84.4 Å². The Morgan fingerprint density at radius 1 is 1.00 bits per heavy atom. The van der Waals surface area contributed by atoms with Crippen molar-refractivity contribution in [1.29, 1.82) is 0 Å². The van der Waals surface area contributed by atoms with Gasteiger partial charge >= 0.3 is 8.25 Å². The summed E-state index contributed by atoms with van der Waals surface area (Å²) in [6.07, 6.45) is 0. The summed E-state index contributed by atoms with van der Waals surface area (Å²) in [4.78, 5) is 16.3. The molecule has 4 aromatic rings. The summed E-state index contributed by atoms with van der Waals surface area (Å²) in [6, 6.07) is 19.7. The highest BCUT2D eigenvalue weighted by atomic mass is 35.5. The van der Waals surface area contributed by atoms with Crippen LogP contribution in [0.4, 0.5) is 0 Å². The van der Waals surface area contributed by atoms with E-state index in [2.05, 4.69) is 21.8 Å². The van der Waals surface area contributed by atoms with E-state index in [0.717, 1.165) is 5.56 Å². The molecule has 0 aliphatic heterocycles. The average Bonchev–Trinajstić information content (AvgIpc) is 3.07. The van der Waals surface area contributed by atoms with E-state index in [0.29, 0.717) is 27.4 Å². The smallest absolute Gasteiger partial charge is 0.425 e. The number of nitrogens with one attached hydrogen (secondary N) is 1. The van der Waals surface area contributed by atoms with Crippen LogP contribution in [0.1, 0.15) is 11.1 Å². The molecule has 1 heterocycles. The Morgan fingerprint density at radius 3 is 2.59 bits per heavy atom. The normalized spacial score (nSPS) is 10.9. The first kappa shape index (κ1) is 19.0. The maximum atomic E-state index is 10.8. The molecule has 142 valence electrons. The van der Waals surface area contributed by atoms with Crippen LogP contribution in [0.2, 0.25) is 5.02 Å². The Hall–Kier alpha value is -3.36. The van der Waals surface area contributed by atoms with Crippen LogP contribution in [0.25, 0.3) is 11.0 Å². The van der Waals surface area contributed by atoms with Gasteiger partial charge in [-0.05, 0) is 36.4 Å². The van der Waals surface area contributed by atoms with Gasteiger partial charge in [0, 0.05) is 21.8 Å². The number of H-pyrrole nitrogens is 1. The predicted molar refractivity (Wildman–Crippen MR) is 110 cm³/mol. The summed E-state index contributed by atoms with van der Waals surface area (Å²) < 4.78 is 21.3. The van der Waals surface area contributed by atoms with Crippen LogP contribution in [-0.4, -0.2) is 14.9 Å². The number of aromatic nitrogens is 2. The molecule has 0 bridgehead atoms. The summed E-state index contributed by atoms with van der Waals surface area (Å²) in [6.45, 7) is 0. The van der Waals surface area contributed by atoms with Gasteiger partial charge < -0.3 is 9.72 Å². The highest BCUT2D eigenvalue weighted by molar-refractivity contribution is 7.32. The SMILES string of the molecule is O=[P+](O)Oc1cccc(Oc2nc3cc(Cl)c(C#Cc4ccccc4)cc3[nH]2)c1. The largest absolute Gasteiger partial charge is 0.747 e. The van der Waals surface area contributed by atoms with Gasteiger partial charge in [-0.3, -0.25) is 0 Å². The number of halogens is 1. The lowest BCUT2D eigenvalue weighted by Crippen LogP contribution is -1.87. The van der Waals surface area contributed by atoms with Crippen LogP contribution in [0.3, 0.4) is 0 Å². The van der Waals surface area contributed by atoms with Crippen molar-refractivity contribution in [3.8, 4) is 29.4 Å². The number of imidazole rings is 1. The van der Waals surface area contributed by atoms with Crippen LogP contribution in [-0.2, 0) is 4.57 Å². The molecule has 0 fully saturated rings. The molecule has 2 N–H and O–H groups in total. The van der Waals surface area contributed by atoms with Crippen molar-refractivity contribution < 1.29 is 18.7 Å². The molecule has 0 saturated carbocycles. The molecule has 1 unspecified atom stereocenters. The van der Waals surface area contributed by atoms with E-state index >= 15 is 0 Å². The predicted octanol–water partition coefficient (Wildman–Crippen LogP) is 5.44. The third kappa shape index (κ3) is 4.74. The van der Waals surface area contributed by atoms with Gasteiger partial charge in [0.2, 0.25) is 0 Å². The maximum Gasteiger partial charge on any atom is 0.747 e. The molecule has 29 heavy (non-hydrogen) atoms. The lowest BCUT2D eigenvalue weighted by molar-refractivity contribution is 0.407. The second-order valence-electron chi connectivity index (χ2n) is 5.91. The van der Waals surface area contributed by atoms with E-state index in [-0.39, 0.29) is 11.8 Å². The number of aromatic amines is 1. The number of fused-ring (bicyclic) bond motifs is 1. The van der Waals surface area contributed by atoms with Gasteiger partial charge in [-0.1, -0.05) is 47.7 Å². The molecule has 8 heteroatoms. The van der Waals surface area contributed by atoms with E-state index in [9.17, 15) is 4.57 Å². The minimum absolute atomic E-state index is 0.212. The Labute approximate surface area is 172 Å². The Bertz CT molecular complexity index is 1260. The number of rotatable bonds is 4. The molecular weight excluding hydrogens is 411 g/mol. The van der Waals surface area contributed by atoms with E-state index in [1.807, 2.05) is 36.4 Å². The van der Waals surface area contributed by atoms with E-state index in [4.69, 9.17) is 25.8 Å². The minimum Gasteiger partial charge on any atom is -0.425 e. The summed E-state index contributed by atoms with van der Waals surface area (Å²) in [5.74, 6) is 6.75. The first-order valence-electron chi connectivity index (χ1n) is 8.45. The maximum absolute atomic E-state index is 10.8. The van der Waals surface area contributed by atoms with Crippen molar-refractivity contribution in [3.63, 3.8) is 0 Å². The number of nitrogens with zero attached hydrogens (tertiary/aromatic N) is 1. The molecule has 0 aliphatic rings. The van der Waals surface area contributed by atoms with Crippen LogP contribution < -0.4 is 9.26 Å². The highest BCUT2D eigenvalue weighted by Crippen LogP contribution is 2.30. The first-order chi connectivity index (χ1) is 14.1. The molecular formula is C21H13ClN2O4P+. The number of benzene rings is 3.